The van der Waals surface area contributed by atoms with Gasteiger partial charge in [-0.2, -0.15) is 0 Å². The van der Waals surface area contributed by atoms with Crippen molar-refractivity contribution >= 4 is 5.96 Å². The van der Waals surface area contributed by atoms with Crippen LogP contribution in [0, 0.1) is 0 Å². The van der Waals surface area contributed by atoms with Crippen molar-refractivity contribution in [3.63, 3.8) is 0 Å². The molecule has 2 N–H and O–H groups in total. The fraction of sp³-hybridized carbons (Fsp3) is 0.708. The minimum absolute atomic E-state index is 0.180. The predicted molar refractivity (Wildman–Crippen MR) is 129 cm³/mol. The highest BCUT2D eigenvalue weighted by molar-refractivity contribution is 5.79. The van der Waals surface area contributed by atoms with E-state index in [0.717, 1.165) is 63.4 Å². The molecule has 180 valence electrons. The summed E-state index contributed by atoms with van der Waals surface area (Å²) >= 11 is 0. The van der Waals surface area contributed by atoms with Gasteiger partial charge < -0.3 is 24.8 Å². The van der Waals surface area contributed by atoms with E-state index in [1.807, 2.05) is 13.1 Å². The lowest BCUT2D eigenvalue weighted by molar-refractivity contribution is 0.0169. The fourth-order valence-corrected chi connectivity index (χ4v) is 4.63. The van der Waals surface area contributed by atoms with Crippen molar-refractivity contribution in [3.05, 3.63) is 23.8 Å². The molecular weight excluding hydrogens is 406 g/mol. The molecule has 0 aliphatic carbocycles. The number of piperidine rings is 1. The average Bonchev–Trinajstić information content (AvgIpc) is 2.84. The molecule has 2 aliphatic rings. The normalized spacial score (nSPS) is 21.8. The molecule has 2 fully saturated rings. The van der Waals surface area contributed by atoms with E-state index in [1.165, 1.54) is 31.4 Å². The van der Waals surface area contributed by atoms with Gasteiger partial charge in [0.15, 0.2) is 17.5 Å². The third kappa shape index (κ3) is 6.73. The Hall–Kier alpha value is -2.03. The number of hydrogen-bond acceptors (Lipinski definition) is 6. The lowest BCUT2D eigenvalue weighted by Gasteiger charge is -2.35. The molecule has 2 heterocycles. The van der Waals surface area contributed by atoms with E-state index in [0.29, 0.717) is 6.04 Å². The van der Waals surface area contributed by atoms with Crippen molar-refractivity contribution < 1.29 is 14.2 Å². The summed E-state index contributed by atoms with van der Waals surface area (Å²) in [6.07, 6.45) is 3.97. The Morgan fingerprint density at radius 1 is 1.12 bits per heavy atom. The lowest BCUT2D eigenvalue weighted by Crippen LogP contribution is -2.48. The van der Waals surface area contributed by atoms with Crippen molar-refractivity contribution in [3.8, 4) is 11.5 Å². The Labute approximate surface area is 193 Å². The zero-order valence-electron chi connectivity index (χ0n) is 20.2. The van der Waals surface area contributed by atoms with Gasteiger partial charge in [0.2, 0.25) is 0 Å². The van der Waals surface area contributed by atoms with Crippen LogP contribution in [0.5, 0.6) is 11.5 Å². The molecule has 0 bridgehead atoms. The van der Waals surface area contributed by atoms with Crippen LogP contribution in [0.1, 0.15) is 37.8 Å². The maximum atomic E-state index is 5.59. The molecule has 2 atom stereocenters. The van der Waals surface area contributed by atoms with E-state index >= 15 is 0 Å². The van der Waals surface area contributed by atoms with Crippen molar-refractivity contribution in [1.82, 2.24) is 20.4 Å². The van der Waals surface area contributed by atoms with Gasteiger partial charge in [0, 0.05) is 45.8 Å². The van der Waals surface area contributed by atoms with Crippen LogP contribution in [0.25, 0.3) is 0 Å². The smallest absolute Gasteiger partial charge is 0.191 e. The summed E-state index contributed by atoms with van der Waals surface area (Å²) in [6, 6.07) is 7.04. The molecular formula is C24H41N5O3. The molecule has 2 unspecified atom stereocenters. The van der Waals surface area contributed by atoms with Gasteiger partial charge in [-0.15, -0.1) is 0 Å². The maximum Gasteiger partial charge on any atom is 0.191 e. The Morgan fingerprint density at radius 2 is 1.91 bits per heavy atom. The topological polar surface area (TPSA) is 70.6 Å². The molecule has 1 aromatic rings. The van der Waals surface area contributed by atoms with Gasteiger partial charge in [-0.3, -0.25) is 14.8 Å². The van der Waals surface area contributed by atoms with Crippen molar-refractivity contribution in [2.45, 2.75) is 38.3 Å². The number of guanidine groups is 1. The molecule has 2 saturated heterocycles. The first kappa shape index (κ1) is 24.6. The zero-order valence-corrected chi connectivity index (χ0v) is 20.2. The molecule has 8 nitrogen and oxygen atoms in total. The number of aliphatic imine (C=N–C) groups is 1. The molecule has 0 radical (unpaired) electrons. The quantitative estimate of drug-likeness (QED) is 0.444. The third-order valence-corrected chi connectivity index (χ3v) is 6.60. The van der Waals surface area contributed by atoms with E-state index in [2.05, 4.69) is 44.5 Å². The Morgan fingerprint density at radius 3 is 2.59 bits per heavy atom. The number of rotatable bonds is 9. The van der Waals surface area contributed by atoms with Crippen LogP contribution >= 0.6 is 0 Å². The van der Waals surface area contributed by atoms with Crippen LogP contribution in [0.3, 0.4) is 0 Å². The average molecular weight is 448 g/mol. The van der Waals surface area contributed by atoms with Crippen LogP contribution < -0.4 is 20.1 Å². The minimum atomic E-state index is 0.180. The van der Waals surface area contributed by atoms with Gasteiger partial charge in [-0.25, -0.2) is 0 Å². The van der Waals surface area contributed by atoms with Crippen molar-refractivity contribution in [1.29, 1.82) is 0 Å². The second-order valence-corrected chi connectivity index (χ2v) is 8.54. The van der Waals surface area contributed by atoms with E-state index in [4.69, 9.17) is 14.2 Å². The summed E-state index contributed by atoms with van der Waals surface area (Å²) in [5.41, 5.74) is 1.19. The SMILES string of the molecule is CN=C(NCCN1CCCCC1C)NCC(c1ccc(OC)c(OC)c1)N1CCOCC1. The van der Waals surface area contributed by atoms with Gasteiger partial charge in [0.25, 0.3) is 0 Å². The Bertz CT molecular complexity index is 724. The molecule has 0 amide bonds. The van der Waals surface area contributed by atoms with Gasteiger partial charge in [-0.1, -0.05) is 12.5 Å². The highest BCUT2D eigenvalue weighted by Gasteiger charge is 2.24. The van der Waals surface area contributed by atoms with E-state index in [-0.39, 0.29) is 6.04 Å². The van der Waals surface area contributed by atoms with Gasteiger partial charge in [0.05, 0.1) is 33.5 Å². The van der Waals surface area contributed by atoms with Gasteiger partial charge >= 0.3 is 0 Å². The van der Waals surface area contributed by atoms with Crippen LogP contribution in [0.2, 0.25) is 0 Å². The lowest BCUT2D eigenvalue weighted by atomic mass is 10.0. The van der Waals surface area contributed by atoms with Crippen LogP contribution in [-0.2, 0) is 4.74 Å². The number of benzene rings is 1. The third-order valence-electron chi connectivity index (χ3n) is 6.60. The molecule has 8 heteroatoms. The maximum absolute atomic E-state index is 5.59. The summed E-state index contributed by atoms with van der Waals surface area (Å²) in [5, 5.41) is 7.04. The number of morpholine rings is 1. The van der Waals surface area contributed by atoms with Crippen LogP contribution in [0.15, 0.2) is 23.2 Å². The summed E-state index contributed by atoms with van der Waals surface area (Å²) in [6.45, 7) is 9.53. The molecule has 1 aromatic carbocycles. The summed E-state index contributed by atoms with van der Waals surface area (Å²) in [7, 11) is 5.18. The van der Waals surface area contributed by atoms with Crippen molar-refractivity contribution in [2.75, 3.05) is 73.7 Å². The molecule has 3 rings (SSSR count). The second-order valence-electron chi connectivity index (χ2n) is 8.54. The van der Waals surface area contributed by atoms with E-state index < -0.39 is 0 Å². The first-order valence-electron chi connectivity index (χ1n) is 11.9. The number of methoxy groups -OCH3 is 2. The summed E-state index contributed by atoms with van der Waals surface area (Å²) < 4.78 is 16.6. The molecule has 0 aromatic heterocycles. The summed E-state index contributed by atoms with van der Waals surface area (Å²) in [4.78, 5) is 9.48. The Balaban J connectivity index is 1.61. The first-order valence-corrected chi connectivity index (χ1v) is 11.9. The van der Waals surface area contributed by atoms with Crippen LogP contribution in [0.4, 0.5) is 0 Å². The molecule has 2 aliphatic heterocycles. The molecule has 32 heavy (non-hydrogen) atoms. The number of likely N-dealkylation sites (tertiary alicyclic amines) is 1. The van der Waals surface area contributed by atoms with E-state index in [9.17, 15) is 0 Å². The fourth-order valence-electron chi connectivity index (χ4n) is 4.63. The number of nitrogens with zero attached hydrogens (tertiary/aromatic N) is 3. The minimum Gasteiger partial charge on any atom is -0.493 e. The predicted octanol–water partition coefficient (Wildman–Crippen LogP) is 2.12. The monoisotopic (exact) mass is 447 g/mol. The highest BCUT2D eigenvalue weighted by atomic mass is 16.5. The van der Waals surface area contributed by atoms with Gasteiger partial charge in [0.1, 0.15) is 0 Å². The van der Waals surface area contributed by atoms with E-state index in [1.54, 1.807) is 14.2 Å². The number of nitrogens with one attached hydrogen (secondary N) is 2. The first-order chi connectivity index (χ1) is 15.7. The Kier molecular flexibility index (Phi) is 9.89. The summed E-state index contributed by atoms with van der Waals surface area (Å²) in [5.74, 6) is 2.34. The second kappa shape index (κ2) is 12.9. The van der Waals surface area contributed by atoms with Crippen molar-refractivity contribution in [2.24, 2.45) is 4.99 Å². The largest absolute Gasteiger partial charge is 0.493 e. The molecule has 0 saturated carbocycles. The number of ether oxygens (including phenoxy) is 3. The zero-order chi connectivity index (χ0) is 22.8. The highest BCUT2D eigenvalue weighted by Crippen LogP contribution is 2.32. The standard InChI is InChI=1S/C24H41N5O3/c1-19-7-5-6-11-28(19)12-10-26-24(25-2)27-18-21(29-13-15-32-16-14-29)20-8-9-22(30-3)23(17-20)31-4/h8-9,17,19,21H,5-7,10-16,18H2,1-4H3,(H2,25,26,27). The molecule has 0 spiro atoms. The van der Waals surface area contributed by atoms with Crippen LogP contribution in [-0.4, -0.2) is 95.6 Å². The van der Waals surface area contributed by atoms with Gasteiger partial charge in [-0.05, 0) is 44.0 Å². The number of hydrogen-bond donors (Lipinski definition) is 2.